The second-order valence-electron chi connectivity index (χ2n) is 3.06. The number of hydrogen-bond donors (Lipinski definition) is 3. The van der Waals surface area contributed by atoms with Crippen LogP contribution in [-0.4, -0.2) is 30.0 Å². The van der Waals surface area contributed by atoms with E-state index in [0.717, 1.165) is 10.9 Å². The van der Waals surface area contributed by atoms with Crippen LogP contribution in [0.4, 0.5) is 18.9 Å². The van der Waals surface area contributed by atoms with E-state index in [2.05, 4.69) is 4.98 Å². The normalized spacial score (nSPS) is 12.5. The van der Waals surface area contributed by atoms with Gasteiger partial charge in [-0.3, -0.25) is 4.72 Å². The molecule has 17 heavy (non-hydrogen) atoms. The van der Waals surface area contributed by atoms with Gasteiger partial charge in [-0.15, -0.1) is 0 Å². The predicted molar refractivity (Wildman–Crippen MR) is 51.1 cm³/mol. The molecule has 0 spiro atoms. The van der Waals surface area contributed by atoms with Gasteiger partial charge in [-0.25, -0.2) is 4.79 Å². The van der Waals surface area contributed by atoms with Crippen molar-refractivity contribution in [3.8, 4) is 0 Å². The zero-order valence-electron chi connectivity index (χ0n) is 8.29. The Labute approximate surface area is 93.5 Å². The number of alkyl halides is 3. The molecular formula is C7H7F3N2O4S. The summed E-state index contributed by atoms with van der Waals surface area (Å²) in [5.41, 5.74) is -6.68. The van der Waals surface area contributed by atoms with Gasteiger partial charge in [0.1, 0.15) is 5.56 Å². The highest BCUT2D eigenvalue weighted by atomic mass is 32.2. The van der Waals surface area contributed by atoms with Crippen molar-refractivity contribution in [1.29, 1.82) is 0 Å². The lowest BCUT2D eigenvalue weighted by Crippen LogP contribution is -2.30. The minimum Gasteiger partial charge on any atom is -0.478 e. The lowest BCUT2D eigenvalue weighted by atomic mass is 10.2. The second kappa shape index (κ2) is 3.95. The number of anilines is 1. The molecule has 0 radical (unpaired) electrons. The number of hydrogen-bond acceptors (Lipinski definition) is 3. The topological polar surface area (TPSA) is 99.3 Å². The number of H-pyrrole nitrogens is 1. The largest absolute Gasteiger partial charge is 0.516 e. The molecule has 1 aromatic rings. The summed E-state index contributed by atoms with van der Waals surface area (Å²) in [4.78, 5) is 13.0. The number of aryl methyl sites for hydroxylation is 1. The van der Waals surface area contributed by atoms with Crippen LogP contribution < -0.4 is 4.72 Å². The smallest absolute Gasteiger partial charge is 0.478 e. The Morgan fingerprint density at radius 2 is 2.00 bits per heavy atom. The number of aromatic carboxylic acids is 1. The number of halogens is 3. The van der Waals surface area contributed by atoms with E-state index in [9.17, 15) is 26.4 Å². The van der Waals surface area contributed by atoms with Gasteiger partial charge < -0.3 is 10.1 Å². The van der Waals surface area contributed by atoms with E-state index >= 15 is 0 Å². The Morgan fingerprint density at radius 3 is 2.41 bits per heavy atom. The standard InChI is InChI=1S/C7H7F3N2O4S/c1-3-5(6(13)14)4(2-11-3)12-17(15,16)7(8,9)10/h2,11-12H,1H3,(H,13,14). The molecule has 1 heterocycles. The molecule has 0 aromatic carbocycles. The molecule has 3 N–H and O–H groups in total. The molecule has 0 aliphatic rings. The molecule has 0 amide bonds. The maximum Gasteiger partial charge on any atom is 0.516 e. The number of nitrogens with one attached hydrogen (secondary N) is 2. The number of carbonyl (C=O) groups is 1. The number of rotatable bonds is 3. The van der Waals surface area contributed by atoms with Gasteiger partial charge >= 0.3 is 21.5 Å². The fraction of sp³-hybridized carbons (Fsp3) is 0.286. The zero-order valence-corrected chi connectivity index (χ0v) is 9.11. The number of carboxylic acids is 1. The molecule has 0 fully saturated rings. The SMILES string of the molecule is Cc1[nH]cc(NS(=O)(=O)C(F)(F)F)c1C(=O)O. The Balaban J connectivity index is 3.18. The van der Waals surface area contributed by atoms with Gasteiger partial charge in [-0.1, -0.05) is 0 Å². The van der Waals surface area contributed by atoms with E-state index in [0.29, 0.717) is 0 Å². The number of aromatic nitrogens is 1. The van der Waals surface area contributed by atoms with Crippen molar-refractivity contribution in [2.24, 2.45) is 0 Å². The lowest BCUT2D eigenvalue weighted by molar-refractivity contribution is -0.0429. The van der Waals surface area contributed by atoms with Gasteiger partial charge in [0.05, 0.1) is 5.69 Å². The molecule has 0 unspecified atom stereocenters. The minimum atomic E-state index is -5.63. The molecule has 10 heteroatoms. The van der Waals surface area contributed by atoms with Gasteiger partial charge in [-0.2, -0.15) is 21.6 Å². The van der Waals surface area contributed by atoms with E-state index in [4.69, 9.17) is 5.11 Å². The van der Waals surface area contributed by atoms with Crippen molar-refractivity contribution < 1.29 is 31.5 Å². The van der Waals surface area contributed by atoms with Gasteiger partial charge in [0.2, 0.25) is 0 Å². The van der Waals surface area contributed by atoms with Crippen LogP contribution in [0, 0.1) is 6.92 Å². The van der Waals surface area contributed by atoms with E-state index in [1.54, 1.807) is 0 Å². The summed E-state index contributed by atoms with van der Waals surface area (Å²) >= 11 is 0. The Morgan fingerprint density at radius 1 is 1.47 bits per heavy atom. The predicted octanol–water partition coefficient (Wildman–Crippen LogP) is 1.28. The summed E-state index contributed by atoms with van der Waals surface area (Å²) < 4.78 is 58.8. The quantitative estimate of drug-likeness (QED) is 0.771. The van der Waals surface area contributed by atoms with Crippen LogP contribution in [0.3, 0.4) is 0 Å². The van der Waals surface area contributed by atoms with Crippen molar-refractivity contribution in [3.05, 3.63) is 17.5 Å². The number of sulfonamides is 1. The highest BCUT2D eigenvalue weighted by Crippen LogP contribution is 2.28. The first-order chi connectivity index (χ1) is 7.56. The Hall–Kier alpha value is -1.71. The highest BCUT2D eigenvalue weighted by molar-refractivity contribution is 7.93. The first-order valence-electron chi connectivity index (χ1n) is 4.06. The third kappa shape index (κ3) is 2.52. The molecule has 0 saturated heterocycles. The van der Waals surface area contributed by atoms with Crippen molar-refractivity contribution in [2.45, 2.75) is 12.4 Å². The zero-order chi connectivity index (χ0) is 13.4. The Bertz CT molecular complexity index is 546. The lowest BCUT2D eigenvalue weighted by Gasteiger charge is -2.09. The third-order valence-corrected chi connectivity index (χ3v) is 2.94. The van der Waals surface area contributed by atoms with E-state index < -0.39 is 32.8 Å². The molecule has 1 rings (SSSR count). The molecule has 6 nitrogen and oxygen atoms in total. The highest BCUT2D eigenvalue weighted by Gasteiger charge is 2.46. The van der Waals surface area contributed by atoms with Crippen molar-refractivity contribution in [3.63, 3.8) is 0 Å². The van der Waals surface area contributed by atoms with Crippen LogP contribution in [0.25, 0.3) is 0 Å². The summed E-state index contributed by atoms with van der Waals surface area (Å²) in [6.45, 7) is 1.29. The van der Waals surface area contributed by atoms with Crippen molar-refractivity contribution >= 4 is 21.7 Å². The van der Waals surface area contributed by atoms with Crippen molar-refractivity contribution in [1.82, 2.24) is 4.98 Å². The van der Waals surface area contributed by atoms with Gasteiger partial charge in [0.15, 0.2) is 0 Å². The molecule has 0 saturated carbocycles. The summed E-state index contributed by atoms with van der Waals surface area (Å²) in [6.07, 6.45) is 0.835. The summed E-state index contributed by atoms with van der Waals surface area (Å²) in [7, 11) is -5.63. The fourth-order valence-electron chi connectivity index (χ4n) is 1.09. The Kier molecular flexibility index (Phi) is 3.10. The number of aromatic amines is 1. The maximum absolute atomic E-state index is 12.1. The van der Waals surface area contributed by atoms with Crippen LogP contribution in [0.5, 0.6) is 0 Å². The fourth-order valence-corrected chi connectivity index (χ4v) is 1.65. The van der Waals surface area contributed by atoms with Gasteiger partial charge in [0.25, 0.3) is 0 Å². The maximum atomic E-state index is 12.1. The van der Waals surface area contributed by atoms with E-state index in [-0.39, 0.29) is 5.69 Å². The van der Waals surface area contributed by atoms with Gasteiger partial charge in [0, 0.05) is 11.9 Å². The van der Waals surface area contributed by atoms with E-state index in [1.807, 2.05) is 0 Å². The summed E-state index contributed by atoms with van der Waals surface area (Å²) in [5, 5.41) is 8.70. The third-order valence-electron chi connectivity index (χ3n) is 1.84. The molecule has 0 atom stereocenters. The van der Waals surface area contributed by atoms with Crippen LogP contribution in [-0.2, 0) is 10.0 Å². The molecule has 0 bridgehead atoms. The molecule has 0 aliphatic heterocycles. The monoisotopic (exact) mass is 272 g/mol. The summed E-state index contributed by atoms with van der Waals surface area (Å²) in [6, 6.07) is 0. The van der Waals surface area contributed by atoms with Crippen LogP contribution >= 0.6 is 0 Å². The molecule has 1 aromatic heterocycles. The second-order valence-corrected chi connectivity index (χ2v) is 4.73. The average molecular weight is 272 g/mol. The molecule has 0 aliphatic carbocycles. The minimum absolute atomic E-state index is 0.0392. The number of carboxylic acid groups (broad SMARTS) is 1. The molecule has 96 valence electrons. The first-order valence-corrected chi connectivity index (χ1v) is 5.55. The van der Waals surface area contributed by atoms with Gasteiger partial charge in [-0.05, 0) is 6.92 Å². The average Bonchev–Trinajstić information content (AvgIpc) is 2.43. The molecular weight excluding hydrogens is 265 g/mol. The van der Waals surface area contributed by atoms with Crippen LogP contribution in [0.2, 0.25) is 0 Å². The summed E-state index contributed by atoms with van der Waals surface area (Å²) in [5.74, 6) is -1.54. The van der Waals surface area contributed by atoms with Crippen molar-refractivity contribution in [2.75, 3.05) is 4.72 Å². The van der Waals surface area contributed by atoms with Crippen LogP contribution in [0.15, 0.2) is 6.20 Å². The van der Waals surface area contributed by atoms with E-state index in [1.165, 1.54) is 6.92 Å². The first kappa shape index (κ1) is 13.4. The van der Waals surface area contributed by atoms with Crippen LogP contribution in [0.1, 0.15) is 16.1 Å².